The summed E-state index contributed by atoms with van der Waals surface area (Å²) in [5.41, 5.74) is -0.624. The number of carbonyl (C=O) groups is 1. The summed E-state index contributed by atoms with van der Waals surface area (Å²) in [7, 11) is 0. The van der Waals surface area contributed by atoms with Crippen LogP contribution in [0.2, 0.25) is 0 Å². The van der Waals surface area contributed by atoms with Crippen LogP contribution in [0.1, 0.15) is 20.3 Å². The van der Waals surface area contributed by atoms with Gasteiger partial charge in [0, 0.05) is 0 Å². The normalized spacial score (nSPS) is 14.5. The van der Waals surface area contributed by atoms with Crippen molar-refractivity contribution >= 4 is 17.4 Å². The zero-order valence-corrected chi connectivity index (χ0v) is 9.45. The first-order valence-electron chi connectivity index (χ1n) is 5.10. The van der Waals surface area contributed by atoms with Crippen LogP contribution in [0.25, 0.3) is 5.65 Å². The smallest absolute Gasteiger partial charge is 0.329 e. The summed E-state index contributed by atoms with van der Waals surface area (Å²) in [6.45, 7) is 3.38. The fraction of sp³-hybridized carbons (Fsp3) is 0.444. The highest BCUT2D eigenvalue weighted by atomic mass is 16.4. The van der Waals surface area contributed by atoms with Crippen LogP contribution in [0.4, 0.5) is 5.82 Å². The number of hydrogen-bond acceptors (Lipinski definition) is 6. The summed E-state index contributed by atoms with van der Waals surface area (Å²) in [4.78, 5) is 15.1. The fourth-order valence-corrected chi connectivity index (χ4v) is 1.34. The molecule has 8 nitrogen and oxygen atoms in total. The Morgan fingerprint density at radius 2 is 2.35 bits per heavy atom. The third-order valence-electron chi connectivity index (χ3n) is 2.69. The van der Waals surface area contributed by atoms with E-state index in [2.05, 4.69) is 25.8 Å². The van der Waals surface area contributed by atoms with E-state index >= 15 is 0 Å². The van der Waals surface area contributed by atoms with Gasteiger partial charge in [0.05, 0.1) is 12.4 Å². The standard InChI is InChI=1S/C9H12N6O2/c1-3-9(2,8(16)17)11-6-4-10-5-7-12-13-14-15(6)7/h4-5,11H,3H2,1-2H3,(H,16,17). The van der Waals surface area contributed by atoms with Gasteiger partial charge in [-0.25, -0.2) is 4.79 Å². The molecule has 2 heterocycles. The van der Waals surface area contributed by atoms with Gasteiger partial charge in [-0.3, -0.25) is 4.98 Å². The molecule has 2 aromatic heterocycles. The second kappa shape index (κ2) is 3.96. The number of fused-ring (bicyclic) bond motifs is 1. The van der Waals surface area contributed by atoms with E-state index in [1.54, 1.807) is 13.8 Å². The van der Waals surface area contributed by atoms with E-state index in [-0.39, 0.29) is 0 Å². The van der Waals surface area contributed by atoms with Crippen molar-refractivity contribution in [2.24, 2.45) is 0 Å². The second-order valence-corrected chi connectivity index (χ2v) is 3.86. The topological polar surface area (TPSA) is 105 Å². The molecule has 0 aliphatic rings. The highest BCUT2D eigenvalue weighted by molar-refractivity contribution is 5.81. The molecule has 0 fully saturated rings. The Morgan fingerprint density at radius 1 is 1.59 bits per heavy atom. The summed E-state index contributed by atoms with van der Waals surface area (Å²) >= 11 is 0. The molecular formula is C9H12N6O2. The van der Waals surface area contributed by atoms with Gasteiger partial charge in [-0.15, -0.1) is 5.10 Å². The zero-order chi connectivity index (χ0) is 12.5. The quantitative estimate of drug-likeness (QED) is 0.780. The lowest BCUT2D eigenvalue weighted by molar-refractivity contribution is -0.141. The first kappa shape index (κ1) is 11.2. The lowest BCUT2D eigenvalue weighted by Gasteiger charge is -2.25. The van der Waals surface area contributed by atoms with E-state index in [4.69, 9.17) is 0 Å². The van der Waals surface area contributed by atoms with Gasteiger partial charge < -0.3 is 10.4 Å². The van der Waals surface area contributed by atoms with Crippen molar-refractivity contribution in [3.8, 4) is 0 Å². The number of tetrazole rings is 1. The number of nitrogens with zero attached hydrogens (tertiary/aromatic N) is 5. The number of nitrogens with one attached hydrogen (secondary N) is 1. The Morgan fingerprint density at radius 3 is 3.00 bits per heavy atom. The van der Waals surface area contributed by atoms with E-state index in [0.717, 1.165) is 0 Å². The number of anilines is 1. The number of carboxylic acid groups (broad SMARTS) is 1. The first-order valence-corrected chi connectivity index (χ1v) is 5.10. The molecule has 2 aromatic rings. The summed E-state index contributed by atoms with van der Waals surface area (Å²) in [5, 5.41) is 23.1. The summed E-state index contributed by atoms with van der Waals surface area (Å²) in [6.07, 6.45) is 3.40. The van der Waals surface area contributed by atoms with Gasteiger partial charge in [0.2, 0.25) is 0 Å². The minimum absolute atomic E-state index is 0.418. The number of rotatable bonds is 4. The Labute approximate surface area is 96.7 Å². The molecule has 0 spiro atoms. The van der Waals surface area contributed by atoms with Crippen LogP contribution in [0.3, 0.4) is 0 Å². The van der Waals surface area contributed by atoms with E-state index in [1.807, 2.05) is 0 Å². The highest BCUT2D eigenvalue weighted by Crippen LogP contribution is 2.18. The van der Waals surface area contributed by atoms with Crippen LogP contribution in [0.15, 0.2) is 12.4 Å². The predicted molar refractivity (Wildman–Crippen MR) is 58.5 cm³/mol. The van der Waals surface area contributed by atoms with Crippen molar-refractivity contribution in [2.75, 3.05) is 5.32 Å². The zero-order valence-electron chi connectivity index (χ0n) is 9.45. The van der Waals surface area contributed by atoms with Crippen molar-refractivity contribution in [3.63, 3.8) is 0 Å². The minimum Gasteiger partial charge on any atom is -0.480 e. The van der Waals surface area contributed by atoms with Crippen LogP contribution in [-0.2, 0) is 4.79 Å². The SMILES string of the molecule is CCC(C)(Nc1cncc2nnnn12)C(=O)O. The maximum atomic E-state index is 11.2. The van der Waals surface area contributed by atoms with Crippen LogP contribution in [0.5, 0.6) is 0 Å². The molecule has 0 aromatic carbocycles. The largest absolute Gasteiger partial charge is 0.480 e. The van der Waals surface area contributed by atoms with Gasteiger partial charge in [-0.2, -0.15) is 4.52 Å². The number of aromatic nitrogens is 5. The summed E-state index contributed by atoms with van der Waals surface area (Å²) < 4.78 is 1.41. The van der Waals surface area contributed by atoms with Crippen LogP contribution in [-0.4, -0.2) is 41.6 Å². The lowest BCUT2D eigenvalue weighted by atomic mass is 9.99. The lowest BCUT2D eigenvalue weighted by Crippen LogP contribution is -2.43. The molecule has 0 aliphatic heterocycles. The van der Waals surface area contributed by atoms with Gasteiger partial charge in [0.1, 0.15) is 5.54 Å². The molecule has 1 atom stereocenters. The maximum absolute atomic E-state index is 11.2. The Bertz CT molecular complexity index is 553. The minimum atomic E-state index is -1.08. The molecule has 0 saturated heterocycles. The first-order chi connectivity index (χ1) is 8.07. The number of hydrogen-bond donors (Lipinski definition) is 2. The Hall–Kier alpha value is -2.25. The number of carboxylic acids is 1. The molecule has 8 heteroatoms. The maximum Gasteiger partial charge on any atom is 0.329 e. The molecular weight excluding hydrogens is 224 g/mol. The Kier molecular flexibility index (Phi) is 2.62. The van der Waals surface area contributed by atoms with E-state index in [9.17, 15) is 9.90 Å². The molecule has 1 unspecified atom stereocenters. The van der Waals surface area contributed by atoms with Gasteiger partial charge in [-0.05, 0) is 23.8 Å². The molecule has 0 bridgehead atoms. The average Bonchev–Trinajstić information content (AvgIpc) is 2.77. The summed E-state index contributed by atoms with van der Waals surface area (Å²) in [5.74, 6) is -0.496. The second-order valence-electron chi connectivity index (χ2n) is 3.86. The molecule has 0 radical (unpaired) electrons. The van der Waals surface area contributed by atoms with Crippen molar-refractivity contribution < 1.29 is 9.90 Å². The van der Waals surface area contributed by atoms with E-state index < -0.39 is 11.5 Å². The Balaban J connectivity index is 2.41. The molecule has 0 saturated carbocycles. The van der Waals surface area contributed by atoms with Gasteiger partial charge in [0.15, 0.2) is 11.5 Å². The van der Waals surface area contributed by atoms with Crippen LogP contribution in [0, 0.1) is 0 Å². The van der Waals surface area contributed by atoms with Crippen LogP contribution >= 0.6 is 0 Å². The van der Waals surface area contributed by atoms with Crippen molar-refractivity contribution in [1.29, 1.82) is 0 Å². The van der Waals surface area contributed by atoms with Crippen molar-refractivity contribution in [1.82, 2.24) is 25.0 Å². The molecule has 17 heavy (non-hydrogen) atoms. The third-order valence-corrected chi connectivity index (χ3v) is 2.69. The van der Waals surface area contributed by atoms with Gasteiger partial charge in [0.25, 0.3) is 0 Å². The molecule has 2 N–H and O–H groups in total. The molecule has 0 aliphatic carbocycles. The monoisotopic (exact) mass is 236 g/mol. The van der Waals surface area contributed by atoms with Crippen LogP contribution < -0.4 is 5.32 Å². The van der Waals surface area contributed by atoms with E-state index in [0.29, 0.717) is 17.9 Å². The van der Waals surface area contributed by atoms with E-state index in [1.165, 1.54) is 16.9 Å². The highest BCUT2D eigenvalue weighted by Gasteiger charge is 2.31. The molecule has 2 rings (SSSR count). The van der Waals surface area contributed by atoms with Crippen molar-refractivity contribution in [2.45, 2.75) is 25.8 Å². The fourth-order valence-electron chi connectivity index (χ4n) is 1.34. The predicted octanol–water partition coefficient (Wildman–Crippen LogP) is 0.184. The number of aliphatic carboxylic acids is 1. The van der Waals surface area contributed by atoms with Gasteiger partial charge in [-0.1, -0.05) is 6.92 Å². The molecule has 90 valence electrons. The molecule has 0 amide bonds. The van der Waals surface area contributed by atoms with Crippen molar-refractivity contribution in [3.05, 3.63) is 12.4 Å². The van der Waals surface area contributed by atoms with Gasteiger partial charge >= 0.3 is 5.97 Å². The summed E-state index contributed by atoms with van der Waals surface area (Å²) in [6, 6.07) is 0. The third kappa shape index (κ3) is 1.88. The average molecular weight is 236 g/mol.